The molecule has 0 amide bonds. The van der Waals surface area contributed by atoms with Crippen molar-refractivity contribution in [3.63, 3.8) is 0 Å². The Bertz CT molecular complexity index is 3810. The molecule has 2 aromatic heterocycles. The van der Waals surface area contributed by atoms with Crippen LogP contribution in [0.1, 0.15) is 33.4 Å². The Labute approximate surface area is 395 Å². The van der Waals surface area contributed by atoms with Gasteiger partial charge in [-0.05, 0) is 125 Å². The van der Waals surface area contributed by atoms with Crippen molar-refractivity contribution in [2.45, 2.75) is 30.9 Å². The van der Waals surface area contributed by atoms with E-state index in [2.05, 4.69) is 0 Å². The van der Waals surface area contributed by atoms with Crippen LogP contribution in [0, 0.1) is 11.3 Å². The lowest BCUT2D eigenvalue weighted by atomic mass is 9.93. The van der Waals surface area contributed by atoms with Crippen LogP contribution in [-0.4, -0.2) is 9.13 Å². The summed E-state index contributed by atoms with van der Waals surface area (Å²) in [5.41, 5.74) is -8.09. The molecule has 0 atom stereocenters. The van der Waals surface area contributed by atoms with Gasteiger partial charge in [0.15, 0.2) is 0 Å². The van der Waals surface area contributed by atoms with Gasteiger partial charge in [0, 0.05) is 32.7 Å². The van der Waals surface area contributed by atoms with Gasteiger partial charge in [-0.2, -0.15) is 71.1 Å². The zero-order chi connectivity index (χ0) is 51.4. The van der Waals surface area contributed by atoms with Gasteiger partial charge < -0.3 is 9.13 Å². The SMILES string of the molecule is N#Cc1ccc(-n2c3ccccc3c3cc(-c4cc(C(F)(F)F)cc(C(F)(F)F)c4)ccc32)c(-c2c(-n3c4ccccc4c4cc(-c5cc(C(F)(F)F)cc(C(F)(F)F)c5)ccc43)cccc2C(F)(F)F)c1. The van der Waals surface area contributed by atoms with Crippen molar-refractivity contribution in [3.05, 3.63) is 191 Å². The maximum atomic E-state index is 15.6. The van der Waals surface area contributed by atoms with E-state index >= 15 is 13.2 Å². The first-order valence-corrected chi connectivity index (χ1v) is 21.2. The predicted octanol–water partition coefficient (Wildman–Crippen LogP) is 17.8. The molecule has 0 aliphatic carbocycles. The normalized spacial score (nSPS) is 12.9. The van der Waals surface area contributed by atoms with Gasteiger partial charge in [0.25, 0.3) is 0 Å². The lowest BCUT2D eigenvalue weighted by Gasteiger charge is -2.22. The summed E-state index contributed by atoms with van der Waals surface area (Å²) in [4.78, 5) is 0. The fourth-order valence-corrected chi connectivity index (χ4v) is 9.31. The summed E-state index contributed by atoms with van der Waals surface area (Å²) in [7, 11) is 0. The average Bonchev–Trinajstić information content (AvgIpc) is 3.84. The zero-order valence-electron chi connectivity index (χ0n) is 36.0. The minimum absolute atomic E-state index is 0.000730. The van der Waals surface area contributed by atoms with E-state index in [0.717, 1.165) is 12.1 Å². The lowest BCUT2D eigenvalue weighted by Crippen LogP contribution is -2.11. The molecule has 0 aliphatic heterocycles. The molecule has 362 valence electrons. The highest BCUT2D eigenvalue weighted by molar-refractivity contribution is 6.13. The smallest absolute Gasteiger partial charge is 0.309 e. The number of hydrogen-bond donors (Lipinski definition) is 0. The third-order valence-corrected chi connectivity index (χ3v) is 12.4. The van der Waals surface area contributed by atoms with Crippen molar-refractivity contribution in [1.82, 2.24) is 9.13 Å². The third kappa shape index (κ3) is 8.21. The number of nitriles is 1. The number of alkyl halides is 15. The summed E-state index contributed by atoms with van der Waals surface area (Å²) in [6, 6.07) is 32.3. The molecule has 3 nitrogen and oxygen atoms in total. The molecule has 0 spiro atoms. The zero-order valence-corrected chi connectivity index (χ0v) is 36.0. The monoisotopic (exact) mass is 1000 g/mol. The maximum absolute atomic E-state index is 15.6. The molecule has 0 aliphatic rings. The first-order valence-electron chi connectivity index (χ1n) is 21.2. The molecule has 0 bridgehead atoms. The van der Waals surface area contributed by atoms with E-state index in [0.29, 0.717) is 40.6 Å². The largest absolute Gasteiger partial charge is 0.417 e. The van der Waals surface area contributed by atoms with Gasteiger partial charge in [0.05, 0.1) is 72.9 Å². The van der Waals surface area contributed by atoms with E-state index in [-0.39, 0.29) is 73.1 Å². The number of rotatable bonds is 5. The van der Waals surface area contributed by atoms with Gasteiger partial charge in [-0.25, -0.2) is 0 Å². The lowest BCUT2D eigenvalue weighted by molar-refractivity contribution is -0.144. The highest BCUT2D eigenvalue weighted by Crippen LogP contribution is 2.48. The quantitative estimate of drug-likeness (QED) is 0.158. The summed E-state index contributed by atoms with van der Waals surface area (Å²) >= 11 is 0. The Morgan fingerprint density at radius 1 is 0.333 bits per heavy atom. The van der Waals surface area contributed by atoms with Crippen LogP contribution in [-0.2, 0) is 30.9 Å². The molecule has 2 heterocycles. The maximum Gasteiger partial charge on any atom is 0.417 e. The summed E-state index contributed by atoms with van der Waals surface area (Å²) in [5, 5.41) is 11.5. The van der Waals surface area contributed by atoms with E-state index in [1.807, 2.05) is 6.07 Å². The van der Waals surface area contributed by atoms with Gasteiger partial charge in [0.2, 0.25) is 0 Å². The molecule has 10 aromatic rings. The molecule has 0 unspecified atom stereocenters. The Morgan fingerprint density at radius 2 is 0.750 bits per heavy atom. The fourth-order valence-electron chi connectivity index (χ4n) is 9.31. The molecule has 0 radical (unpaired) electrons. The van der Waals surface area contributed by atoms with Crippen molar-refractivity contribution in [2.24, 2.45) is 0 Å². The first kappa shape index (κ1) is 47.5. The van der Waals surface area contributed by atoms with Crippen molar-refractivity contribution in [1.29, 1.82) is 5.26 Å². The molecule has 8 aromatic carbocycles. The topological polar surface area (TPSA) is 33.6 Å². The second-order valence-corrected chi connectivity index (χ2v) is 16.8. The molecule has 0 fully saturated rings. The van der Waals surface area contributed by atoms with Crippen LogP contribution in [0.4, 0.5) is 65.9 Å². The standard InChI is InChI=1S/C54H26F15N3/c55-50(56,57)33-19-31(20-34(25-33)51(58,59)60)29-13-16-45-39(23-29)37-6-1-3-9-43(37)71(45)47-15-12-28(27-70)18-41(47)49-42(54(67,68)69)8-5-11-48(49)72-44-10-4-2-7-38(44)40-24-30(14-17-46(40)72)32-21-35(52(61,62)63)26-36(22-32)53(64,65)66/h1-26H. The summed E-state index contributed by atoms with van der Waals surface area (Å²) in [5.74, 6) is 0. The first-order chi connectivity index (χ1) is 33.8. The van der Waals surface area contributed by atoms with Crippen LogP contribution >= 0.6 is 0 Å². The van der Waals surface area contributed by atoms with Gasteiger partial charge in [-0.15, -0.1) is 0 Å². The van der Waals surface area contributed by atoms with E-state index in [1.165, 1.54) is 65.2 Å². The second-order valence-electron chi connectivity index (χ2n) is 16.8. The van der Waals surface area contributed by atoms with E-state index in [4.69, 9.17) is 0 Å². The molecular weight excluding hydrogens is 976 g/mol. The molecule has 18 heteroatoms. The fraction of sp³-hybridized carbons (Fsp3) is 0.0926. The van der Waals surface area contributed by atoms with Crippen molar-refractivity contribution in [3.8, 4) is 50.8 Å². The highest BCUT2D eigenvalue weighted by atomic mass is 19.4. The third-order valence-electron chi connectivity index (χ3n) is 12.4. The Kier molecular flexibility index (Phi) is 10.8. The minimum atomic E-state index is -5.16. The molecule has 72 heavy (non-hydrogen) atoms. The number of halogens is 15. The van der Waals surface area contributed by atoms with Gasteiger partial charge in [0.1, 0.15) is 0 Å². The van der Waals surface area contributed by atoms with E-state index in [9.17, 15) is 57.9 Å². The number of hydrogen-bond acceptors (Lipinski definition) is 1. The predicted molar refractivity (Wildman–Crippen MR) is 241 cm³/mol. The molecule has 0 saturated carbocycles. The molecule has 0 N–H and O–H groups in total. The summed E-state index contributed by atoms with van der Waals surface area (Å²) in [6.45, 7) is 0. The van der Waals surface area contributed by atoms with Gasteiger partial charge in [-0.3, -0.25) is 0 Å². The van der Waals surface area contributed by atoms with Crippen LogP contribution in [0.3, 0.4) is 0 Å². The van der Waals surface area contributed by atoms with Crippen LogP contribution in [0.2, 0.25) is 0 Å². The van der Waals surface area contributed by atoms with Gasteiger partial charge in [-0.1, -0.05) is 54.6 Å². The number of benzene rings is 8. The van der Waals surface area contributed by atoms with Gasteiger partial charge >= 0.3 is 30.9 Å². The van der Waals surface area contributed by atoms with Crippen LogP contribution in [0.5, 0.6) is 0 Å². The average molecular weight is 1000 g/mol. The van der Waals surface area contributed by atoms with E-state index in [1.54, 1.807) is 53.1 Å². The molecule has 10 rings (SSSR count). The van der Waals surface area contributed by atoms with Crippen molar-refractivity contribution in [2.75, 3.05) is 0 Å². The van der Waals surface area contributed by atoms with Crippen molar-refractivity contribution < 1.29 is 65.9 Å². The van der Waals surface area contributed by atoms with Crippen molar-refractivity contribution >= 4 is 43.6 Å². The summed E-state index contributed by atoms with van der Waals surface area (Å²) in [6.07, 6.45) is -25.7. The second kappa shape index (κ2) is 16.4. The number of fused-ring (bicyclic) bond motifs is 6. The summed E-state index contributed by atoms with van der Waals surface area (Å²) < 4.78 is 217. The Hall–Kier alpha value is -8.20. The molecule has 0 saturated heterocycles. The highest BCUT2D eigenvalue weighted by Gasteiger charge is 2.40. The van der Waals surface area contributed by atoms with Crippen LogP contribution in [0.15, 0.2) is 158 Å². The van der Waals surface area contributed by atoms with E-state index < -0.39 is 75.4 Å². The molecular formula is C54H26F15N3. The Morgan fingerprint density at radius 3 is 1.17 bits per heavy atom. The number of aromatic nitrogens is 2. The van der Waals surface area contributed by atoms with Crippen LogP contribution < -0.4 is 0 Å². The van der Waals surface area contributed by atoms with Crippen LogP contribution in [0.25, 0.3) is 88.4 Å². The number of para-hydroxylation sites is 2. The number of nitrogens with zero attached hydrogens (tertiary/aromatic N) is 3. The Balaban J connectivity index is 1.24. The minimum Gasteiger partial charge on any atom is -0.309 e.